The first kappa shape index (κ1) is 41.4. The molecule has 0 aromatic heterocycles. The summed E-state index contributed by atoms with van der Waals surface area (Å²) in [6.07, 6.45) is 4.58. The van der Waals surface area contributed by atoms with Gasteiger partial charge in [-0.3, -0.25) is 0 Å². The van der Waals surface area contributed by atoms with Gasteiger partial charge in [-0.25, -0.2) is 0 Å². The van der Waals surface area contributed by atoms with Gasteiger partial charge in [0, 0.05) is 46.3 Å². The number of nitrogens with zero attached hydrogens (tertiary/aromatic N) is 2. The molecule has 64 heavy (non-hydrogen) atoms. The van der Waals surface area contributed by atoms with Crippen LogP contribution in [0.5, 0.6) is 0 Å². The van der Waals surface area contributed by atoms with Crippen molar-refractivity contribution in [3.05, 3.63) is 287 Å². The van der Waals surface area contributed by atoms with Crippen LogP contribution in [0, 0.1) is 27.7 Å². The van der Waals surface area contributed by atoms with Crippen LogP contribution in [0.1, 0.15) is 44.5 Å². The highest BCUT2D eigenvalue weighted by molar-refractivity contribution is 5.86. The molecule has 310 valence electrons. The molecular weight excluding hydrogens is 773 g/mol. The highest BCUT2D eigenvalue weighted by Crippen LogP contribution is 2.37. The van der Waals surface area contributed by atoms with E-state index >= 15 is 0 Å². The van der Waals surface area contributed by atoms with E-state index in [1.165, 1.54) is 66.8 Å². The normalized spacial score (nSPS) is 10.8. The minimum Gasteiger partial charge on any atom is -0.316 e. The summed E-state index contributed by atoms with van der Waals surface area (Å²) in [6.45, 7) is 8.70. The molecule has 2 nitrogen and oxygen atoms in total. The Morgan fingerprint density at radius 3 is 0.828 bits per heavy atom. The maximum atomic E-state index is 2.34. The van der Waals surface area contributed by atoms with Gasteiger partial charge in [-0.1, -0.05) is 205 Å². The van der Waals surface area contributed by atoms with Gasteiger partial charge < -0.3 is 9.80 Å². The molecule has 0 saturated carbocycles. The molecule has 0 aliphatic heterocycles. The molecule has 0 fully saturated rings. The summed E-state index contributed by atoms with van der Waals surface area (Å²) in [4.78, 5) is 4.67. The molecule has 0 saturated heterocycles. The van der Waals surface area contributed by atoms with Crippen LogP contribution in [0.15, 0.2) is 243 Å². The quantitative estimate of drug-likeness (QED) is 0.121. The third-order valence-corrected chi connectivity index (χ3v) is 11.9. The van der Waals surface area contributed by atoms with Crippen LogP contribution in [0.4, 0.5) is 22.7 Å². The van der Waals surface area contributed by atoms with Crippen molar-refractivity contribution in [2.45, 2.75) is 27.7 Å². The molecule has 0 N–H and O–H groups in total. The van der Waals surface area contributed by atoms with E-state index in [0.717, 1.165) is 33.9 Å². The van der Waals surface area contributed by atoms with Gasteiger partial charge in [0.1, 0.15) is 0 Å². The summed E-state index contributed by atoms with van der Waals surface area (Å²) in [5.41, 5.74) is 21.2. The van der Waals surface area contributed by atoms with Crippen molar-refractivity contribution < 1.29 is 0 Å². The van der Waals surface area contributed by atoms with Crippen molar-refractivity contribution in [2.75, 3.05) is 9.80 Å². The highest BCUT2D eigenvalue weighted by atomic mass is 15.1. The zero-order chi connectivity index (χ0) is 43.8. The zero-order valence-corrected chi connectivity index (χ0v) is 37.0. The minimum absolute atomic E-state index is 1.10. The van der Waals surface area contributed by atoms with E-state index < -0.39 is 0 Å². The van der Waals surface area contributed by atoms with Gasteiger partial charge in [-0.15, -0.1) is 0 Å². The molecule has 0 unspecified atom stereocenters. The molecule has 0 heterocycles. The number of benzene rings is 9. The Hall–Kier alpha value is -7.94. The Bertz CT molecular complexity index is 2730. The van der Waals surface area contributed by atoms with Gasteiger partial charge in [-0.05, 0) is 120 Å². The standard InChI is InChI=1S/C62H52N2/c1-45-25-39-61(47(3)41-45)63(43-59(53-17-9-5-10-18-53)54-19-11-6-12-20-54)57-35-31-51(32-36-57)49-27-29-50(30-28-49)52-33-37-58(38-34-52)64(62-40-26-46(2)42-48(62)4)44-60(55-21-13-7-14-22-55)56-23-15-8-16-24-56/h5-44H,1-4H3. The number of hydrogen-bond donors (Lipinski definition) is 0. The van der Waals surface area contributed by atoms with Crippen molar-refractivity contribution in [1.82, 2.24) is 0 Å². The summed E-state index contributed by atoms with van der Waals surface area (Å²) < 4.78 is 0. The first-order valence-corrected chi connectivity index (χ1v) is 22.1. The van der Waals surface area contributed by atoms with Gasteiger partial charge in [0.15, 0.2) is 0 Å². The van der Waals surface area contributed by atoms with E-state index in [9.17, 15) is 0 Å². The molecule has 9 rings (SSSR count). The van der Waals surface area contributed by atoms with E-state index in [2.05, 4.69) is 280 Å². The number of anilines is 4. The lowest BCUT2D eigenvalue weighted by atomic mass is 9.97. The highest BCUT2D eigenvalue weighted by Gasteiger charge is 2.17. The first-order chi connectivity index (χ1) is 31.4. The molecular formula is C62H52N2. The van der Waals surface area contributed by atoms with Crippen molar-refractivity contribution in [2.24, 2.45) is 0 Å². The van der Waals surface area contributed by atoms with Crippen LogP contribution in [-0.4, -0.2) is 0 Å². The summed E-state index contributed by atoms with van der Waals surface area (Å²) >= 11 is 0. The molecule has 0 atom stereocenters. The summed E-state index contributed by atoms with van der Waals surface area (Å²) in [6, 6.07) is 82.9. The van der Waals surface area contributed by atoms with Crippen LogP contribution >= 0.6 is 0 Å². The van der Waals surface area contributed by atoms with Crippen LogP contribution < -0.4 is 9.80 Å². The van der Waals surface area contributed by atoms with Crippen molar-refractivity contribution >= 4 is 33.9 Å². The van der Waals surface area contributed by atoms with Crippen LogP contribution in [0.2, 0.25) is 0 Å². The Morgan fingerprint density at radius 1 is 0.297 bits per heavy atom. The molecule has 9 aromatic carbocycles. The summed E-state index contributed by atoms with van der Waals surface area (Å²) in [5, 5.41) is 0. The average Bonchev–Trinajstić information content (AvgIpc) is 3.34. The molecule has 0 amide bonds. The van der Waals surface area contributed by atoms with Crippen LogP contribution in [0.25, 0.3) is 33.4 Å². The van der Waals surface area contributed by atoms with E-state index in [0.29, 0.717) is 0 Å². The van der Waals surface area contributed by atoms with Gasteiger partial charge >= 0.3 is 0 Å². The summed E-state index contributed by atoms with van der Waals surface area (Å²) in [7, 11) is 0. The van der Waals surface area contributed by atoms with E-state index in [-0.39, 0.29) is 0 Å². The topological polar surface area (TPSA) is 6.48 Å². The lowest BCUT2D eigenvalue weighted by molar-refractivity contribution is 1.23. The first-order valence-electron chi connectivity index (χ1n) is 22.1. The molecule has 0 radical (unpaired) electrons. The molecule has 9 aromatic rings. The van der Waals surface area contributed by atoms with Crippen molar-refractivity contribution in [3.63, 3.8) is 0 Å². The maximum absolute atomic E-state index is 2.34. The fourth-order valence-corrected chi connectivity index (χ4v) is 8.56. The SMILES string of the molecule is Cc1ccc(N(C=C(c2ccccc2)c2ccccc2)c2ccc(-c3ccc(-c4ccc(N(C=C(c5ccccc5)c5ccccc5)c5ccc(C)cc5C)cc4)cc3)cc2)c(C)c1. The van der Waals surface area contributed by atoms with Crippen LogP contribution in [-0.2, 0) is 0 Å². The van der Waals surface area contributed by atoms with E-state index in [1.807, 2.05) is 0 Å². The fourth-order valence-electron chi connectivity index (χ4n) is 8.56. The molecule has 0 spiro atoms. The third kappa shape index (κ3) is 9.28. The van der Waals surface area contributed by atoms with Crippen molar-refractivity contribution in [1.29, 1.82) is 0 Å². The second kappa shape index (κ2) is 19.0. The number of aryl methyl sites for hydroxylation is 4. The van der Waals surface area contributed by atoms with Gasteiger partial charge in [0.05, 0.1) is 0 Å². The van der Waals surface area contributed by atoms with Gasteiger partial charge in [-0.2, -0.15) is 0 Å². The zero-order valence-electron chi connectivity index (χ0n) is 37.0. The fraction of sp³-hybridized carbons (Fsp3) is 0.0645. The number of rotatable bonds is 12. The second-order valence-electron chi connectivity index (χ2n) is 16.5. The van der Waals surface area contributed by atoms with E-state index in [1.54, 1.807) is 0 Å². The molecule has 0 aliphatic carbocycles. The third-order valence-electron chi connectivity index (χ3n) is 11.9. The minimum atomic E-state index is 1.10. The van der Waals surface area contributed by atoms with Crippen LogP contribution in [0.3, 0.4) is 0 Å². The Kier molecular flexibility index (Phi) is 12.3. The van der Waals surface area contributed by atoms with Gasteiger partial charge in [0.2, 0.25) is 0 Å². The Morgan fingerprint density at radius 2 is 0.562 bits per heavy atom. The predicted molar refractivity (Wildman–Crippen MR) is 273 cm³/mol. The molecule has 2 heteroatoms. The smallest absolute Gasteiger partial charge is 0.0485 e. The van der Waals surface area contributed by atoms with Gasteiger partial charge in [0.25, 0.3) is 0 Å². The second-order valence-corrected chi connectivity index (χ2v) is 16.5. The lowest BCUT2D eigenvalue weighted by Crippen LogP contribution is -2.12. The average molecular weight is 825 g/mol. The van der Waals surface area contributed by atoms with Crippen molar-refractivity contribution in [3.8, 4) is 22.3 Å². The lowest BCUT2D eigenvalue weighted by Gasteiger charge is -2.26. The number of hydrogen-bond acceptors (Lipinski definition) is 2. The largest absolute Gasteiger partial charge is 0.316 e. The monoisotopic (exact) mass is 824 g/mol. The Balaban J connectivity index is 1.02. The Labute approximate surface area is 379 Å². The maximum Gasteiger partial charge on any atom is 0.0485 e. The molecule has 0 bridgehead atoms. The van der Waals surface area contributed by atoms with E-state index in [4.69, 9.17) is 0 Å². The summed E-state index contributed by atoms with van der Waals surface area (Å²) in [5.74, 6) is 0. The molecule has 0 aliphatic rings. The predicted octanol–water partition coefficient (Wildman–Crippen LogP) is 16.7.